The molecule has 0 radical (unpaired) electrons. The molecule has 0 saturated carbocycles. The molecule has 1 saturated heterocycles. The van der Waals surface area contributed by atoms with Gasteiger partial charge in [-0.1, -0.05) is 6.92 Å². The molecular formula is C8H16N2O3S. The molecule has 1 rings (SSSR count). The molecule has 82 valence electrons. The van der Waals surface area contributed by atoms with Crippen LogP contribution in [0.25, 0.3) is 0 Å². The van der Waals surface area contributed by atoms with Crippen molar-refractivity contribution in [3.05, 3.63) is 0 Å². The van der Waals surface area contributed by atoms with Gasteiger partial charge in [0.15, 0.2) is 9.84 Å². The molecule has 5 nitrogen and oxygen atoms in total. The van der Waals surface area contributed by atoms with Crippen LogP contribution in [0, 0.1) is 0 Å². The summed E-state index contributed by atoms with van der Waals surface area (Å²) in [5.74, 6) is 0.0606. The number of nitrogens with one attached hydrogen (secondary N) is 2. The molecule has 1 aliphatic heterocycles. The normalized spacial score (nSPS) is 25.6. The second-order valence-electron chi connectivity index (χ2n) is 3.35. The van der Waals surface area contributed by atoms with Crippen molar-refractivity contribution >= 4 is 15.7 Å². The average Bonchev–Trinajstić information content (AvgIpc) is 2.15. The van der Waals surface area contributed by atoms with Gasteiger partial charge in [-0.15, -0.1) is 0 Å². The van der Waals surface area contributed by atoms with Crippen LogP contribution in [0.2, 0.25) is 0 Å². The zero-order valence-corrected chi connectivity index (χ0v) is 9.06. The van der Waals surface area contributed by atoms with Crippen LogP contribution >= 0.6 is 0 Å². The molecule has 0 bridgehead atoms. The molecule has 0 aromatic heterocycles. The van der Waals surface area contributed by atoms with E-state index in [-0.39, 0.29) is 18.2 Å². The number of hydrogen-bond donors (Lipinski definition) is 2. The van der Waals surface area contributed by atoms with Crippen LogP contribution in [0.3, 0.4) is 0 Å². The first-order chi connectivity index (χ1) is 6.56. The highest BCUT2D eigenvalue weighted by Gasteiger charge is 2.28. The molecule has 6 heteroatoms. The van der Waals surface area contributed by atoms with Gasteiger partial charge in [-0.05, 0) is 0 Å². The molecule has 2 N–H and O–H groups in total. The van der Waals surface area contributed by atoms with Crippen LogP contribution in [0.15, 0.2) is 0 Å². The summed E-state index contributed by atoms with van der Waals surface area (Å²) < 4.78 is 23.0. The minimum atomic E-state index is -3.00. The number of carbonyl (C=O) groups is 1. The Morgan fingerprint density at radius 3 is 2.86 bits per heavy atom. The summed E-state index contributed by atoms with van der Waals surface area (Å²) in [7, 11) is -3.00. The third-order valence-corrected chi connectivity index (χ3v) is 4.41. The summed E-state index contributed by atoms with van der Waals surface area (Å²) in [5.41, 5.74) is 0. The lowest BCUT2D eigenvalue weighted by atomic mass is 10.3. The van der Waals surface area contributed by atoms with E-state index in [0.717, 1.165) is 0 Å². The van der Waals surface area contributed by atoms with Crippen LogP contribution in [0.1, 0.15) is 13.3 Å². The molecule has 0 aromatic rings. The second-order valence-corrected chi connectivity index (χ2v) is 5.75. The molecule has 1 aliphatic rings. The Kier molecular flexibility index (Phi) is 3.88. The van der Waals surface area contributed by atoms with Crippen LogP contribution in [0.5, 0.6) is 0 Å². The lowest BCUT2D eigenvalue weighted by Crippen LogP contribution is -2.49. The fourth-order valence-electron chi connectivity index (χ4n) is 1.32. The number of rotatable bonds is 3. The number of hydrogen-bond acceptors (Lipinski definition) is 4. The third-order valence-electron chi connectivity index (χ3n) is 2.29. The SMILES string of the molecule is CCC(=O)NCC1CNCCS1(=O)=O. The van der Waals surface area contributed by atoms with Crippen LogP contribution in [-0.2, 0) is 14.6 Å². The molecular weight excluding hydrogens is 204 g/mol. The summed E-state index contributed by atoms with van der Waals surface area (Å²) >= 11 is 0. The lowest BCUT2D eigenvalue weighted by Gasteiger charge is -2.23. The maximum atomic E-state index is 11.5. The van der Waals surface area contributed by atoms with Gasteiger partial charge in [0, 0.05) is 26.1 Å². The maximum Gasteiger partial charge on any atom is 0.219 e. The summed E-state index contributed by atoms with van der Waals surface area (Å²) in [6.45, 7) is 2.91. The number of amides is 1. The summed E-state index contributed by atoms with van der Waals surface area (Å²) in [6.07, 6.45) is 0.389. The Labute approximate surface area is 84.2 Å². The van der Waals surface area contributed by atoms with Gasteiger partial charge in [-0.3, -0.25) is 4.79 Å². The molecule has 1 heterocycles. The Morgan fingerprint density at radius 2 is 2.29 bits per heavy atom. The van der Waals surface area contributed by atoms with E-state index in [1.807, 2.05) is 0 Å². The predicted octanol–water partition coefficient (Wildman–Crippen LogP) is -1.10. The first-order valence-electron chi connectivity index (χ1n) is 4.75. The lowest BCUT2D eigenvalue weighted by molar-refractivity contribution is -0.120. The molecule has 1 amide bonds. The number of sulfone groups is 1. The van der Waals surface area contributed by atoms with Gasteiger partial charge < -0.3 is 10.6 Å². The smallest absolute Gasteiger partial charge is 0.219 e. The van der Waals surface area contributed by atoms with Crippen molar-refractivity contribution in [2.24, 2.45) is 0 Å². The Balaban J connectivity index is 2.46. The van der Waals surface area contributed by atoms with Gasteiger partial charge in [0.1, 0.15) is 0 Å². The minimum Gasteiger partial charge on any atom is -0.355 e. The highest BCUT2D eigenvalue weighted by atomic mass is 32.2. The van der Waals surface area contributed by atoms with Crippen molar-refractivity contribution in [2.75, 3.05) is 25.4 Å². The van der Waals surface area contributed by atoms with Crippen LogP contribution < -0.4 is 10.6 Å². The zero-order chi connectivity index (χ0) is 10.6. The standard InChI is InChI=1S/C8H16N2O3S/c1-2-8(11)10-6-7-5-9-3-4-14(7,12)13/h7,9H,2-6H2,1H3,(H,10,11). The summed E-state index contributed by atoms with van der Waals surface area (Å²) in [6, 6.07) is 0. The summed E-state index contributed by atoms with van der Waals surface area (Å²) in [4.78, 5) is 10.9. The van der Waals surface area contributed by atoms with E-state index in [2.05, 4.69) is 10.6 Å². The van der Waals surface area contributed by atoms with Crippen molar-refractivity contribution in [1.82, 2.24) is 10.6 Å². The highest BCUT2D eigenvalue weighted by molar-refractivity contribution is 7.92. The van der Waals surface area contributed by atoms with Gasteiger partial charge in [0.05, 0.1) is 11.0 Å². The molecule has 1 atom stereocenters. The molecule has 1 fully saturated rings. The first kappa shape index (κ1) is 11.5. The van der Waals surface area contributed by atoms with Gasteiger partial charge >= 0.3 is 0 Å². The van der Waals surface area contributed by atoms with E-state index >= 15 is 0 Å². The third kappa shape index (κ3) is 2.95. The summed E-state index contributed by atoms with van der Waals surface area (Å²) in [5, 5.41) is 5.14. The molecule has 0 aliphatic carbocycles. The van der Waals surface area contributed by atoms with E-state index < -0.39 is 15.1 Å². The Morgan fingerprint density at radius 1 is 1.57 bits per heavy atom. The topological polar surface area (TPSA) is 75.3 Å². The van der Waals surface area contributed by atoms with E-state index in [1.165, 1.54) is 0 Å². The van der Waals surface area contributed by atoms with Gasteiger partial charge in [-0.25, -0.2) is 8.42 Å². The van der Waals surface area contributed by atoms with Gasteiger partial charge in [0.25, 0.3) is 0 Å². The van der Waals surface area contributed by atoms with E-state index in [9.17, 15) is 13.2 Å². The largest absolute Gasteiger partial charge is 0.355 e. The second kappa shape index (κ2) is 4.75. The molecule has 0 spiro atoms. The maximum absolute atomic E-state index is 11.5. The van der Waals surface area contributed by atoms with E-state index in [0.29, 0.717) is 19.5 Å². The Bertz CT molecular complexity index is 300. The fraction of sp³-hybridized carbons (Fsp3) is 0.875. The molecule has 0 aromatic carbocycles. The number of carbonyl (C=O) groups excluding carboxylic acids is 1. The zero-order valence-electron chi connectivity index (χ0n) is 8.25. The van der Waals surface area contributed by atoms with Gasteiger partial charge in [-0.2, -0.15) is 0 Å². The predicted molar refractivity (Wildman–Crippen MR) is 53.7 cm³/mol. The van der Waals surface area contributed by atoms with Gasteiger partial charge in [0.2, 0.25) is 5.91 Å². The van der Waals surface area contributed by atoms with E-state index in [1.54, 1.807) is 6.92 Å². The first-order valence-corrected chi connectivity index (χ1v) is 6.47. The monoisotopic (exact) mass is 220 g/mol. The average molecular weight is 220 g/mol. The fourth-order valence-corrected chi connectivity index (χ4v) is 2.79. The van der Waals surface area contributed by atoms with Crippen LogP contribution in [0.4, 0.5) is 0 Å². The van der Waals surface area contributed by atoms with Crippen molar-refractivity contribution in [2.45, 2.75) is 18.6 Å². The van der Waals surface area contributed by atoms with E-state index in [4.69, 9.17) is 0 Å². The quantitative estimate of drug-likeness (QED) is 0.633. The molecule has 14 heavy (non-hydrogen) atoms. The van der Waals surface area contributed by atoms with Crippen molar-refractivity contribution < 1.29 is 13.2 Å². The highest BCUT2D eigenvalue weighted by Crippen LogP contribution is 2.04. The van der Waals surface area contributed by atoms with Crippen molar-refractivity contribution in [3.63, 3.8) is 0 Å². The molecule has 1 unspecified atom stereocenters. The van der Waals surface area contributed by atoms with Crippen molar-refractivity contribution in [3.8, 4) is 0 Å². The minimum absolute atomic E-state index is 0.106. The van der Waals surface area contributed by atoms with Crippen molar-refractivity contribution in [1.29, 1.82) is 0 Å². The Hall–Kier alpha value is -0.620. The van der Waals surface area contributed by atoms with Crippen LogP contribution in [-0.4, -0.2) is 45.0 Å².